The average Bonchev–Trinajstić information content (AvgIpc) is 3.56. The van der Waals surface area contributed by atoms with E-state index in [2.05, 4.69) is 21.9 Å². The number of fused-ring (bicyclic) bond motifs is 1. The molecule has 1 saturated heterocycles. The maximum absolute atomic E-state index is 13.2. The zero-order valence-electron chi connectivity index (χ0n) is 21.7. The number of carbonyl (C=O) groups is 2. The standard InChI is InChI=1S/C29H30N6O3/c1-17(2)28(36)33-20-10-7-18(8-11-20)25-23(24-26(30)31-16-32-27(24)34(25)3)19-9-12-21(22(15-19)38-4)29(37)35-13-5-6-14-35/h7-12,15-16H,1,5-6,13-14H2,2-4H3,(H,33,36)(H2,30,31,32). The highest BCUT2D eigenvalue weighted by Gasteiger charge is 2.26. The maximum atomic E-state index is 13.2. The average molecular weight is 511 g/mol. The predicted molar refractivity (Wildman–Crippen MR) is 149 cm³/mol. The van der Waals surface area contributed by atoms with Crippen molar-refractivity contribution in [2.45, 2.75) is 19.8 Å². The van der Waals surface area contributed by atoms with Gasteiger partial charge in [-0.15, -0.1) is 0 Å². The Hall–Kier alpha value is -4.66. The molecule has 1 aliphatic heterocycles. The van der Waals surface area contributed by atoms with Crippen molar-refractivity contribution in [3.8, 4) is 28.1 Å². The number of anilines is 2. The molecule has 0 spiro atoms. The van der Waals surface area contributed by atoms with Gasteiger partial charge in [0.25, 0.3) is 11.8 Å². The third kappa shape index (κ3) is 4.36. The van der Waals surface area contributed by atoms with Crippen molar-refractivity contribution >= 4 is 34.4 Å². The van der Waals surface area contributed by atoms with Crippen molar-refractivity contribution in [2.75, 3.05) is 31.2 Å². The fourth-order valence-corrected chi connectivity index (χ4v) is 4.96. The minimum Gasteiger partial charge on any atom is -0.496 e. The summed E-state index contributed by atoms with van der Waals surface area (Å²) in [5.41, 5.74) is 12.1. The Kier molecular flexibility index (Phi) is 6.59. The van der Waals surface area contributed by atoms with Gasteiger partial charge in [0.15, 0.2) is 0 Å². The molecule has 2 amide bonds. The molecule has 3 heterocycles. The molecule has 0 radical (unpaired) electrons. The summed E-state index contributed by atoms with van der Waals surface area (Å²) in [6.45, 7) is 6.86. The molecule has 0 bridgehead atoms. The summed E-state index contributed by atoms with van der Waals surface area (Å²) in [4.78, 5) is 35.8. The zero-order valence-corrected chi connectivity index (χ0v) is 21.7. The van der Waals surface area contributed by atoms with Gasteiger partial charge in [0, 0.05) is 37.0 Å². The Labute approximate surface area is 220 Å². The van der Waals surface area contributed by atoms with Crippen molar-refractivity contribution in [3.05, 3.63) is 66.5 Å². The summed E-state index contributed by atoms with van der Waals surface area (Å²) >= 11 is 0. The van der Waals surface area contributed by atoms with E-state index in [0.717, 1.165) is 48.3 Å². The molecule has 0 unspecified atom stereocenters. The number of methoxy groups -OCH3 is 1. The van der Waals surface area contributed by atoms with E-state index in [1.165, 1.54) is 6.33 Å². The van der Waals surface area contributed by atoms with Crippen LogP contribution in [0.5, 0.6) is 5.75 Å². The lowest BCUT2D eigenvalue weighted by Gasteiger charge is -2.18. The minimum absolute atomic E-state index is 0.0284. The van der Waals surface area contributed by atoms with Crippen LogP contribution in [0.1, 0.15) is 30.1 Å². The summed E-state index contributed by atoms with van der Waals surface area (Å²) in [5.74, 6) is 0.588. The van der Waals surface area contributed by atoms with E-state index < -0.39 is 0 Å². The first-order valence-corrected chi connectivity index (χ1v) is 12.4. The summed E-state index contributed by atoms with van der Waals surface area (Å²) in [6.07, 6.45) is 3.47. The summed E-state index contributed by atoms with van der Waals surface area (Å²) in [6, 6.07) is 13.1. The molecular weight excluding hydrogens is 480 g/mol. The zero-order chi connectivity index (χ0) is 27.0. The van der Waals surface area contributed by atoms with E-state index in [9.17, 15) is 9.59 Å². The van der Waals surface area contributed by atoms with Crippen LogP contribution >= 0.6 is 0 Å². The van der Waals surface area contributed by atoms with Crippen LogP contribution in [-0.2, 0) is 11.8 Å². The second-order valence-electron chi connectivity index (χ2n) is 9.47. The number of hydrogen-bond acceptors (Lipinski definition) is 6. The molecular formula is C29H30N6O3. The van der Waals surface area contributed by atoms with E-state index in [1.54, 1.807) is 14.0 Å². The van der Waals surface area contributed by atoms with E-state index in [4.69, 9.17) is 10.5 Å². The van der Waals surface area contributed by atoms with Gasteiger partial charge in [-0.25, -0.2) is 9.97 Å². The third-order valence-corrected chi connectivity index (χ3v) is 6.91. The molecule has 9 heteroatoms. The number of carbonyl (C=O) groups excluding carboxylic acids is 2. The van der Waals surface area contributed by atoms with E-state index >= 15 is 0 Å². The highest BCUT2D eigenvalue weighted by atomic mass is 16.5. The number of nitrogens with two attached hydrogens (primary N) is 1. The molecule has 2 aromatic heterocycles. The van der Waals surface area contributed by atoms with Gasteiger partial charge in [-0.05, 0) is 55.2 Å². The van der Waals surface area contributed by atoms with Gasteiger partial charge in [0.05, 0.1) is 23.8 Å². The van der Waals surface area contributed by atoms with Crippen LogP contribution in [0.2, 0.25) is 0 Å². The van der Waals surface area contributed by atoms with Crippen molar-refractivity contribution in [3.63, 3.8) is 0 Å². The van der Waals surface area contributed by atoms with Crippen LogP contribution in [0.4, 0.5) is 11.5 Å². The lowest BCUT2D eigenvalue weighted by atomic mass is 9.97. The van der Waals surface area contributed by atoms with Crippen molar-refractivity contribution < 1.29 is 14.3 Å². The number of benzene rings is 2. The highest BCUT2D eigenvalue weighted by molar-refractivity contribution is 6.09. The molecule has 5 rings (SSSR count). The van der Waals surface area contributed by atoms with Crippen LogP contribution in [0, 0.1) is 0 Å². The van der Waals surface area contributed by atoms with Crippen LogP contribution < -0.4 is 15.8 Å². The quantitative estimate of drug-likeness (QED) is 0.365. The molecule has 2 aromatic carbocycles. The Bertz CT molecular complexity index is 1570. The number of aryl methyl sites for hydroxylation is 1. The van der Waals surface area contributed by atoms with Gasteiger partial charge in [0.1, 0.15) is 23.5 Å². The minimum atomic E-state index is -0.234. The first-order valence-electron chi connectivity index (χ1n) is 12.4. The Morgan fingerprint density at radius 3 is 2.39 bits per heavy atom. The number of amides is 2. The molecule has 1 aliphatic rings. The monoisotopic (exact) mass is 510 g/mol. The van der Waals surface area contributed by atoms with Crippen LogP contribution in [-0.4, -0.2) is 51.4 Å². The number of nitrogens with one attached hydrogen (secondary N) is 1. The Morgan fingerprint density at radius 2 is 1.74 bits per heavy atom. The van der Waals surface area contributed by atoms with Crippen molar-refractivity contribution in [1.29, 1.82) is 0 Å². The topological polar surface area (TPSA) is 115 Å². The van der Waals surface area contributed by atoms with Crippen molar-refractivity contribution in [2.24, 2.45) is 7.05 Å². The normalized spacial score (nSPS) is 13.1. The molecule has 0 saturated carbocycles. The SMILES string of the molecule is C=C(C)C(=O)Nc1ccc(-c2c(-c3ccc(C(=O)N4CCCC4)c(OC)c3)c3c(N)ncnc3n2C)cc1. The highest BCUT2D eigenvalue weighted by Crippen LogP contribution is 2.43. The second-order valence-corrected chi connectivity index (χ2v) is 9.47. The molecule has 38 heavy (non-hydrogen) atoms. The molecule has 0 aliphatic carbocycles. The molecule has 1 fully saturated rings. The van der Waals surface area contributed by atoms with Gasteiger partial charge >= 0.3 is 0 Å². The van der Waals surface area contributed by atoms with Gasteiger partial charge in [-0.1, -0.05) is 24.8 Å². The number of nitrogens with zero attached hydrogens (tertiary/aromatic N) is 4. The summed E-state index contributed by atoms with van der Waals surface area (Å²) in [7, 11) is 3.49. The lowest BCUT2D eigenvalue weighted by Crippen LogP contribution is -2.27. The fourth-order valence-electron chi connectivity index (χ4n) is 4.96. The largest absolute Gasteiger partial charge is 0.496 e. The smallest absolute Gasteiger partial charge is 0.257 e. The van der Waals surface area contributed by atoms with Crippen LogP contribution in [0.15, 0.2) is 60.9 Å². The molecule has 3 N–H and O–H groups in total. The second kappa shape index (κ2) is 10.0. The van der Waals surface area contributed by atoms with E-state index in [0.29, 0.717) is 39.4 Å². The van der Waals surface area contributed by atoms with Gasteiger partial charge < -0.3 is 25.3 Å². The van der Waals surface area contributed by atoms with Crippen LogP contribution in [0.25, 0.3) is 33.4 Å². The summed E-state index contributed by atoms with van der Waals surface area (Å²) in [5, 5.41) is 3.54. The molecule has 194 valence electrons. The number of rotatable bonds is 6. The third-order valence-electron chi connectivity index (χ3n) is 6.91. The summed E-state index contributed by atoms with van der Waals surface area (Å²) < 4.78 is 7.66. The number of ether oxygens (including phenoxy) is 1. The molecule has 9 nitrogen and oxygen atoms in total. The number of nitrogen functional groups attached to an aromatic ring is 1. The van der Waals surface area contributed by atoms with Crippen LogP contribution in [0.3, 0.4) is 0 Å². The maximum Gasteiger partial charge on any atom is 0.257 e. The van der Waals surface area contributed by atoms with Gasteiger partial charge in [-0.3, -0.25) is 9.59 Å². The number of aromatic nitrogens is 3. The number of likely N-dealkylation sites (tertiary alicyclic amines) is 1. The molecule has 4 aromatic rings. The number of hydrogen-bond donors (Lipinski definition) is 2. The molecule has 0 atom stereocenters. The van der Waals surface area contributed by atoms with Crippen molar-refractivity contribution in [1.82, 2.24) is 19.4 Å². The first-order chi connectivity index (χ1) is 18.3. The fraction of sp³-hybridized carbons (Fsp3) is 0.241. The Morgan fingerprint density at radius 1 is 1.05 bits per heavy atom. The van der Waals surface area contributed by atoms with Gasteiger partial charge in [-0.2, -0.15) is 0 Å². The predicted octanol–water partition coefficient (Wildman–Crippen LogP) is 4.64. The van der Waals surface area contributed by atoms with E-state index in [-0.39, 0.29) is 11.8 Å². The van der Waals surface area contributed by atoms with E-state index in [1.807, 2.05) is 59.0 Å². The first kappa shape index (κ1) is 25.0. The Balaban J connectivity index is 1.65. The lowest BCUT2D eigenvalue weighted by molar-refractivity contribution is -0.112. The van der Waals surface area contributed by atoms with Gasteiger partial charge in [0.2, 0.25) is 0 Å².